The molecule has 1 amide bonds. The van der Waals surface area contributed by atoms with Gasteiger partial charge in [0.15, 0.2) is 0 Å². The van der Waals surface area contributed by atoms with Crippen LogP contribution in [0.25, 0.3) is 0 Å². The van der Waals surface area contributed by atoms with Gasteiger partial charge >= 0.3 is 0 Å². The molecule has 1 N–H and O–H groups in total. The third-order valence-corrected chi connectivity index (χ3v) is 4.65. The van der Waals surface area contributed by atoms with Gasteiger partial charge in [0.05, 0.1) is 0 Å². The number of amides is 1. The lowest BCUT2D eigenvalue weighted by atomic mass is 9.87. The van der Waals surface area contributed by atoms with Gasteiger partial charge in [-0.2, -0.15) is 0 Å². The zero-order chi connectivity index (χ0) is 12.8. The lowest BCUT2D eigenvalue weighted by Crippen LogP contribution is -2.31. The lowest BCUT2D eigenvalue weighted by molar-refractivity contribution is -0.130. The Kier molecular flexibility index (Phi) is 5.48. The van der Waals surface area contributed by atoms with Crippen molar-refractivity contribution < 1.29 is 4.79 Å². The van der Waals surface area contributed by atoms with Gasteiger partial charge in [-0.1, -0.05) is 32.1 Å². The van der Waals surface area contributed by atoms with Crippen LogP contribution in [0.2, 0.25) is 0 Å². The van der Waals surface area contributed by atoms with Crippen LogP contribution < -0.4 is 5.32 Å². The van der Waals surface area contributed by atoms with Crippen molar-refractivity contribution in [2.24, 2.45) is 11.8 Å². The maximum Gasteiger partial charge on any atom is 0.222 e. The van der Waals surface area contributed by atoms with E-state index in [0.717, 1.165) is 32.0 Å². The van der Waals surface area contributed by atoms with Crippen molar-refractivity contribution in [1.29, 1.82) is 0 Å². The third-order valence-electron chi connectivity index (χ3n) is 4.65. The largest absolute Gasteiger partial charge is 0.346 e. The molecule has 0 aromatic rings. The molecule has 1 saturated heterocycles. The summed E-state index contributed by atoms with van der Waals surface area (Å²) in [6.45, 7) is 3.08. The smallest absolute Gasteiger partial charge is 0.222 e. The molecule has 1 atom stereocenters. The molecule has 1 heterocycles. The molecule has 3 nitrogen and oxygen atoms in total. The molecule has 18 heavy (non-hydrogen) atoms. The summed E-state index contributed by atoms with van der Waals surface area (Å²) in [5, 5.41) is 3.33. The number of nitrogens with one attached hydrogen (secondary N) is 1. The molecule has 0 aromatic carbocycles. The van der Waals surface area contributed by atoms with E-state index in [9.17, 15) is 4.79 Å². The first kappa shape index (κ1) is 13.9. The highest BCUT2D eigenvalue weighted by molar-refractivity contribution is 5.76. The highest BCUT2D eigenvalue weighted by atomic mass is 16.2. The number of nitrogens with zero attached hydrogens (tertiary/aromatic N) is 1. The minimum absolute atomic E-state index is 0.347. The Morgan fingerprint density at radius 2 is 1.94 bits per heavy atom. The van der Waals surface area contributed by atoms with Gasteiger partial charge in [-0.3, -0.25) is 4.79 Å². The minimum Gasteiger partial charge on any atom is -0.346 e. The van der Waals surface area contributed by atoms with Crippen LogP contribution >= 0.6 is 0 Å². The van der Waals surface area contributed by atoms with Crippen LogP contribution in [-0.2, 0) is 4.79 Å². The zero-order valence-corrected chi connectivity index (χ0v) is 11.8. The predicted molar refractivity (Wildman–Crippen MR) is 74.4 cm³/mol. The molecule has 0 aromatic heterocycles. The van der Waals surface area contributed by atoms with Crippen LogP contribution in [0.4, 0.5) is 0 Å². The fraction of sp³-hybridized carbons (Fsp3) is 0.933. The van der Waals surface area contributed by atoms with Gasteiger partial charge in [0, 0.05) is 20.0 Å². The molecule has 1 saturated carbocycles. The molecule has 2 aliphatic rings. The van der Waals surface area contributed by atoms with Gasteiger partial charge in [0.2, 0.25) is 5.91 Å². The number of hydrogen-bond donors (Lipinski definition) is 1. The Bertz CT molecular complexity index is 255. The molecule has 2 fully saturated rings. The summed E-state index contributed by atoms with van der Waals surface area (Å²) in [6, 6.07) is 0. The van der Waals surface area contributed by atoms with Gasteiger partial charge in [-0.15, -0.1) is 0 Å². The van der Waals surface area contributed by atoms with Crippen LogP contribution in [0.3, 0.4) is 0 Å². The summed E-state index contributed by atoms with van der Waals surface area (Å²) in [7, 11) is 1.98. The topological polar surface area (TPSA) is 32.3 Å². The molecule has 1 unspecified atom stereocenters. The van der Waals surface area contributed by atoms with Gasteiger partial charge in [-0.05, 0) is 37.8 Å². The predicted octanol–water partition coefficient (Wildman–Crippen LogP) is 2.41. The van der Waals surface area contributed by atoms with Gasteiger partial charge < -0.3 is 10.2 Å². The van der Waals surface area contributed by atoms with Crippen LogP contribution in [0.5, 0.6) is 0 Å². The van der Waals surface area contributed by atoms with Crippen LogP contribution in [-0.4, -0.2) is 37.5 Å². The molecule has 0 radical (unpaired) electrons. The highest BCUT2D eigenvalue weighted by Crippen LogP contribution is 2.26. The first-order valence-corrected chi connectivity index (χ1v) is 7.70. The van der Waals surface area contributed by atoms with Crippen LogP contribution in [0, 0.1) is 11.8 Å². The normalized spacial score (nSPS) is 25.3. The van der Waals surface area contributed by atoms with Crippen molar-refractivity contribution in [3.8, 4) is 0 Å². The molecular formula is C15H28N2O. The SMILES string of the molecule is CN(CCC1CCCCC1)C(=O)CC1CCNC1. The third kappa shape index (κ3) is 4.27. The summed E-state index contributed by atoms with van der Waals surface area (Å²) >= 11 is 0. The Morgan fingerprint density at radius 3 is 2.61 bits per heavy atom. The monoisotopic (exact) mass is 252 g/mol. The summed E-state index contributed by atoms with van der Waals surface area (Å²) in [5.41, 5.74) is 0. The zero-order valence-electron chi connectivity index (χ0n) is 11.8. The van der Waals surface area contributed by atoms with Gasteiger partial charge in [0.1, 0.15) is 0 Å². The maximum atomic E-state index is 12.1. The Hall–Kier alpha value is -0.570. The van der Waals surface area contributed by atoms with E-state index in [1.807, 2.05) is 11.9 Å². The van der Waals surface area contributed by atoms with Crippen molar-refractivity contribution >= 4 is 5.91 Å². The minimum atomic E-state index is 0.347. The van der Waals surface area contributed by atoms with E-state index < -0.39 is 0 Å². The summed E-state index contributed by atoms with van der Waals surface area (Å²) < 4.78 is 0. The molecule has 2 rings (SSSR count). The molecule has 1 aliphatic heterocycles. The molecule has 0 spiro atoms. The second-order valence-electron chi connectivity index (χ2n) is 6.17. The summed E-state index contributed by atoms with van der Waals surface area (Å²) in [5.74, 6) is 1.80. The summed E-state index contributed by atoms with van der Waals surface area (Å²) in [4.78, 5) is 14.0. The van der Waals surface area contributed by atoms with E-state index in [4.69, 9.17) is 0 Å². The highest BCUT2D eigenvalue weighted by Gasteiger charge is 2.21. The first-order chi connectivity index (χ1) is 8.75. The van der Waals surface area contributed by atoms with E-state index in [1.54, 1.807) is 0 Å². The van der Waals surface area contributed by atoms with Crippen molar-refractivity contribution in [3.05, 3.63) is 0 Å². The van der Waals surface area contributed by atoms with Crippen molar-refractivity contribution in [2.45, 2.75) is 51.4 Å². The second-order valence-corrected chi connectivity index (χ2v) is 6.17. The maximum absolute atomic E-state index is 12.1. The average Bonchev–Trinajstić information content (AvgIpc) is 2.90. The Morgan fingerprint density at radius 1 is 1.17 bits per heavy atom. The Balaban J connectivity index is 1.63. The summed E-state index contributed by atoms with van der Waals surface area (Å²) in [6.07, 6.45) is 10.1. The van der Waals surface area contributed by atoms with Gasteiger partial charge in [0.25, 0.3) is 0 Å². The van der Waals surface area contributed by atoms with E-state index in [-0.39, 0.29) is 0 Å². The van der Waals surface area contributed by atoms with Crippen molar-refractivity contribution in [2.75, 3.05) is 26.7 Å². The van der Waals surface area contributed by atoms with Crippen LogP contribution in [0.15, 0.2) is 0 Å². The molecule has 1 aliphatic carbocycles. The van der Waals surface area contributed by atoms with E-state index in [0.29, 0.717) is 11.8 Å². The molecule has 0 bridgehead atoms. The fourth-order valence-electron chi connectivity index (χ4n) is 3.27. The van der Waals surface area contributed by atoms with E-state index in [1.165, 1.54) is 44.9 Å². The van der Waals surface area contributed by atoms with E-state index in [2.05, 4.69) is 5.32 Å². The average molecular weight is 252 g/mol. The van der Waals surface area contributed by atoms with Crippen molar-refractivity contribution in [1.82, 2.24) is 10.2 Å². The molecule has 104 valence electrons. The number of carbonyl (C=O) groups is 1. The number of carbonyl (C=O) groups excluding carboxylic acids is 1. The van der Waals surface area contributed by atoms with Crippen LogP contribution in [0.1, 0.15) is 51.4 Å². The van der Waals surface area contributed by atoms with Gasteiger partial charge in [-0.25, -0.2) is 0 Å². The number of rotatable bonds is 5. The first-order valence-electron chi connectivity index (χ1n) is 7.70. The second kappa shape index (κ2) is 7.13. The number of hydrogen-bond acceptors (Lipinski definition) is 2. The standard InChI is InChI=1S/C15H28N2O/c1-17(10-8-13-5-3-2-4-6-13)15(18)11-14-7-9-16-12-14/h13-14,16H,2-12H2,1H3. The molecular weight excluding hydrogens is 224 g/mol. The Labute approximate surface area is 111 Å². The molecule has 3 heteroatoms. The lowest BCUT2D eigenvalue weighted by Gasteiger charge is -2.25. The fourth-order valence-corrected chi connectivity index (χ4v) is 3.27. The van der Waals surface area contributed by atoms with Crippen molar-refractivity contribution in [3.63, 3.8) is 0 Å². The van der Waals surface area contributed by atoms with E-state index >= 15 is 0 Å². The quantitative estimate of drug-likeness (QED) is 0.815.